The Kier molecular flexibility index (Phi) is 7.05. The molecule has 0 aromatic heterocycles. The highest BCUT2D eigenvalue weighted by atomic mass is 16.6. The Morgan fingerprint density at radius 3 is 2.27 bits per heavy atom. The summed E-state index contributed by atoms with van der Waals surface area (Å²) in [5, 5.41) is 23.3. The first-order valence-corrected chi connectivity index (χ1v) is 12.3. The number of carbonyl (C=O) groups is 1. The number of azide groups is 1. The molecule has 2 aliphatic rings. The van der Waals surface area contributed by atoms with E-state index in [-0.39, 0.29) is 25.2 Å². The van der Waals surface area contributed by atoms with Gasteiger partial charge >= 0.3 is 13.2 Å². The fourth-order valence-corrected chi connectivity index (χ4v) is 5.40. The second-order valence-corrected chi connectivity index (χ2v) is 9.37. The maximum absolute atomic E-state index is 13.0. The van der Waals surface area contributed by atoms with Gasteiger partial charge in [0.25, 0.3) is 0 Å². The smallest absolute Gasteiger partial charge is 0.448 e. The molecule has 1 heterocycles. The number of piperazine rings is 1. The van der Waals surface area contributed by atoms with Crippen LogP contribution in [0.4, 0.5) is 10.5 Å². The third-order valence-electron chi connectivity index (χ3n) is 7.29. The fraction of sp³-hybridized carbons (Fsp3) is 0.296. The van der Waals surface area contributed by atoms with Gasteiger partial charge in [-0.25, -0.2) is 4.79 Å². The van der Waals surface area contributed by atoms with Crippen LogP contribution in [0.5, 0.6) is 0 Å². The van der Waals surface area contributed by atoms with E-state index in [0.29, 0.717) is 37.2 Å². The van der Waals surface area contributed by atoms with Gasteiger partial charge in [0.1, 0.15) is 6.61 Å². The minimum atomic E-state index is -1.63. The van der Waals surface area contributed by atoms with Crippen molar-refractivity contribution in [1.29, 1.82) is 0 Å². The Hall–Kier alpha value is -3.98. The number of anilines is 1. The molecular formula is C27H28BN5O4. The second kappa shape index (κ2) is 10.6. The number of amides is 1. The molecule has 0 radical (unpaired) electrons. The molecule has 1 aliphatic carbocycles. The van der Waals surface area contributed by atoms with Crippen LogP contribution in [0.25, 0.3) is 21.6 Å². The summed E-state index contributed by atoms with van der Waals surface area (Å²) in [6.45, 7) is 4.32. The summed E-state index contributed by atoms with van der Waals surface area (Å²) in [5.41, 5.74) is 16.1. The predicted molar refractivity (Wildman–Crippen MR) is 143 cm³/mol. The van der Waals surface area contributed by atoms with Crippen molar-refractivity contribution in [1.82, 2.24) is 4.90 Å². The largest absolute Gasteiger partial charge is 0.488 e. The van der Waals surface area contributed by atoms with Crippen molar-refractivity contribution in [3.8, 4) is 11.1 Å². The van der Waals surface area contributed by atoms with Crippen LogP contribution in [0.2, 0.25) is 0 Å². The molecule has 9 nitrogen and oxygen atoms in total. The van der Waals surface area contributed by atoms with Crippen molar-refractivity contribution in [2.75, 3.05) is 37.7 Å². The minimum absolute atomic E-state index is 0.0161. The lowest BCUT2D eigenvalue weighted by molar-refractivity contribution is 0.0977. The molecule has 3 aromatic carbocycles. The zero-order valence-electron chi connectivity index (χ0n) is 20.6. The lowest BCUT2D eigenvalue weighted by Crippen LogP contribution is -2.49. The summed E-state index contributed by atoms with van der Waals surface area (Å²) >= 11 is 0. The molecule has 5 rings (SSSR count). The van der Waals surface area contributed by atoms with Crippen LogP contribution in [0, 0.1) is 6.92 Å². The van der Waals surface area contributed by atoms with E-state index in [0.717, 1.165) is 11.3 Å². The van der Waals surface area contributed by atoms with Crippen molar-refractivity contribution in [2.24, 2.45) is 5.11 Å². The number of benzene rings is 3. The maximum atomic E-state index is 13.0. The van der Waals surface area contributed by atoms with Crippen LogP contribution in [0.15, 0.2) is 65.8 Å². The second-order valence-electron chi connectivity index (χ2n) is 9.37. The van der Waals surface area contributed by atoms with Gasteiger partial charge in [-0.3, -0.25) is 0 Å². The molecule has 1 fully saturated rings. The molecule has 0 saturated carbocycles. The maximum Gasteiger partial charge on any atom is 0.488 e. The molecule has 10 heteroatoms. The van der Waals surface area contributed by atoms with E-state index in [9.17, 15) is 14.8 Å². The van der Waals surface area contributed by atoms with Crippen molar-refractivity contribution in [3.63, 3.8) is 0 Å². The lowest BCUT2D eigenvalue weighted by atomic mass is 9.76. The van der Waals surface area contributed by atoms with Crippen molar-refractivity contribution < 1.29 is 19.6 Å². The topological polar surface area (TPSA) is 122 Å². The first kappa shape index (κ1) is 24.7. The van der Waals surface area contributed by atoms with Crippen molar-refractivity contribution in [2.45, 2.75) is 19.4 Å². The zero-order chi connectivity index (χ0) is 25.9. The SMILES string of the molecule is Cc1c(B(O)O)cc(CN=[N+]=[N-])cc1N1CCN(C(=O)OCC2c3ccccc3-c3ccccc32)CC1. The molecule has 0 bridgehead atoms. The summed E-state index contributed by atoms with van der Waals surface area (Å²) in [7, 11) is -1.63. The number of hydrogen-bond donors (Lipinski definition) is 2. The molecule has 1 saturated heterocycles. The van der Waals surface area contributed by atoms with Gasteiger partial charge in [0.05, 0.1) is 6.54 Å². The van der Waals surface area contributed by atoms with Gasteiger partial charge < -0.3 is 24.6 Å². The van der Waals surface area contributed by atoms with E-state index >= 15 is 0 Å². The van der Waals surface area contributed by atoms with Gasteiger partial charge in [-0.05, 0) is 57.4 Å². The Morgan fingerprint density at radius 2 is 1.68 bits per heavy atom. The van der Waals surface area contributed by atoms with Gasteiger partial charge in [-0.15, -0.1) is 0 Å². The summed E-state index contributed by atoms with van der Waals surface area (Å²) in [5.74, 6) is 0.0161. The van der Waals surface area contributed by atoms with Crippen molar-refractivity contribution in [3.05, 3.63) is 93.4 Å². The number of ether oxygens (including phenoxy) is 1. The molecule has 1 amide bonds. The number of fused-ring (bicyclic) bond motifs is 3. The Balaban J connectivity index is 1.24. The van der Waals surface area contributed by atoms with Gasteiger partial charge in [-0.2, -0.15) is 0 Å². The van der Waals surface area contributed by atoms with Crippen LogP contribution in [0.3, 0.4) is 0 Å². The predicted octanol–water partition coefficient (Wildman–Crippen LogP) is 3.56. The van der Waals surface area contributed by atoms with E-state index in [1.807, 2.05) is 37.3 Å². The van der Waals surface area contributed by atoms with Crippen LogP contribution in [-0.4, -0.2) is 60.9 Å². The molecular weight excluding hydrogens is 469 g/mol. The number of nitrogens with zero attached hydrogens (tertiary/aromatic N) is 5. The lowest BCUT2D eigenvalue weighted by Gasteiger charge is -2.37. The van der Waals surface area contributed by atoms with E-state index < -0.39 is 7.12 Å². The van der Waals surface area contributed by atoms with E-state index in [1.165, 1.54) is 22.3 Å². The van der Waals surface area contributed by atoms with E-state index in [2.05, 4.69) is 39.2 Å². The number of hydrogen-bond acceptors (Lipinski definition) is 6. The summed E-state index contributed by atoms with van der Waals surface area (Å²) in [6.07, 6.45) is -0.332. The summed E-state index contributed by atoms with van der Waals surface area (Å²) < 4.78 is 5.81. The van der Waals surface area contributed by atoms with Gasteiger partial charge in [0.15, 0.2) is 0 Å². The fourth-order valence-electron chi connectivity index (χ4n) is 5.40. The Labute approximate surface area is 215 Å². The van der Waals surface area contributed by atoms with Crippen molar-refractivity contribution >= 4 is 24.4 Å². The average Bonchev–Trinajstić information content (AvgIpc) is 3.24. The Morgan fingerprint density at radius 1 is 1.05 bits per heavy atom. The summed E-state index contributed by atoms with van der Waals surface area (Å²) in [6, 6.07) is 20.1. The van der Waals surface area contributed by atoms with Gasteiger partial charge in [0, 0.05) is 42.7 Å². The van der Waals surface area contributed by atoms with Crippen LogP contribution in [-0.2, 0) is 11.3 Å². The molecule has 37 heavy (non-hydrogen) atoms. The van der Waals surface area contributed by atoms with Crippen LogP contribution < -0.4 is 10.4 Å². The monoisotopic (exact) mass is 497 g/mol. The van der Waals surface area contributed by atoms with Gasteiger partial charge in [-0.1, -0.05) is 59.7 Å². The third-order valence-corrected chi connectivity index (χ3v) is 7.29. The highest BCUT2D eigenvalue weighted by molar-refractivity contribution is 6.59. The number of carbonyl (C=O) groups excluding carboxylic acids is 1. The quantitative estimate of drug-likeness (QED) is 0.234. The molecule has 0 unspecified atom stereocenters. The average molecular weight is 497 g/mol. The molecule has 0 atom stereocenters. The van der Waals surface area contributed by atoms with E-state index in [4.69, 9.17) is 10.3 Å². The Bertz CT molecular complexity index is 1320. The van der Waals surface area contributed by atoms with Gasteiger partial charge in [0.2, 0.25) is 0 Å². The molecule has 2 N–H and O–H groups in total. The highest BCUT2D eigenvalue weighted by Gasteiger charge is 2.31. The molecule has 3 aromatic rings. The standard InChI is InChI=1S/C27H28BN5O4/c1-18-25(28(35)36)14-19(16-30-31-29)15-26(18)32-10-12-33(13-11-32)27(34)37-17-24-22-8-4-2-6-20(22)21-7-3-5-9-23(21)24/h2-9,14-15,24,35-36H,10-13,16-17H2,1H3. The first-order chi connectivity index (χ1) is 18.0. The summed E-state index contributed by atoms with van der Waals surface area (Å²) in [4.78, 5) is 19.6. The third kappa shape index (κ3) is 4.87. The molecule has 0 spiro atoms. The number of rotatable bonds is 6. The van der Waals surface area contributed by atoms with E-state index in [1.54, 1.807) is 11.0 Å². The first-order valence-electron chi connectivity index (χ1n) is 12.3. The minimum Gasteiger partial charge on any atom is -0.448 e. The van der Waals surface area contributed by atoms with Crippen LogP contribution in [0.1, 0.15) is 28.2 Å². The normalized spacial score (nSPS) is 14.6. The molecule has 1 aliphatic heterocycles. The van der Waals surface area contributed by atoms with Crippen LogP contribution >= 0.6 is 0 Å². The zero-order valence-corrected chi connectivity index (χ0v) is 20.6. The molecule has 188 valence electrons. The highest BCUT2D eigenvalue weighted by Crippen LogP contribution is 2.44.